The molecule has 3 heterocycles. The number of hydrogen-bond acceptors (Lipinski definition) is 6. The van der Waals surface area contributed by atoms with Gasteiger partial charge >= 0.3 is 12.4 Å². The van der Waals surface area contributed by atoms with Crippen molar-refractivity contribution >= 4 is 22.4 Å². The van der Waals surface area contributed by atoms with E-state index in [9.17, 15) is 26.3 Å². The molecule has 0 bridgehead atoms. The van der Waals surface area contributed by atoms with Crippen LogP contribution in [0, 0.1) is 0 Å². The number of ether oxygens (including phenoxy) is 2. The fraction of sp³-hybridized carbons (Fsp3) is 0.208. The molecule has 0 saturated carbocycles. The Labute approximate surface area is 200 Å². The molecule has 0 fully saturated rings. The van der Waals surface area contributed by atoms with E-state index in [1.807, 2.05) is 0 Å². The summed E-state index contributed by atoms with van der Waals surface area (Å²) >= 11 is 0. The maximum atomic E-state index is 13.7. The Hall–Kier alpha value is -3.93. The van der Waals surface area contributed by atoms with Crippen LogP contribution in [0.4, 0.5) is 37.8 Å². The molecule has 4 rings (SSSR count). The van der Waals surface area contributed by atoms with Crippen LogP contribution < -0.4 is 10.1 Å². The molecule has 188 valence electrons. The van der Waals surface area contributed by atoms with Crippen LogP contribution in [0.2, 0.25) is 0 Å². The molecule has 0 atom stereocenters. The molecular weight excluding hydrogens is 490 g/mol. The Morgan fingerprint density at radius 1 is 0.861 bits per heavy atom. The largest absolute Gasteiger partial charge is 0.495 e. The number of benzene rings is 1. The summed E-state index contributed by atoms with van der Waals surface area (Å²) in [6.07, 6.45) is -7.32. The Morgan fingerprint density at radius 2 is 1.64 bits per heavy atom. The highest BCUT2D eigenvalue weighted by Crippen LogP contribution is 2.39. The first-order chi connectivity index (χ1) is 17.0. The zero-order valence-corrected chi connectivity index (χ0v) is 18.8. The Kier molecular flexibility index (Phi) is 6.72. The molecule has 1 N–H and O–H groups in total. The van der Waals surface area contributed by atoms with E-state index in [0.29, 0.717) is 28.5 Å². The van der Waals surface area contributed by atoms with Gasteiger partial charge in [-0.25, -0.2) is 4.98 Å². The molecular formula is C24H18F6N4O2. The van der Waals surface area contributed by atoms with E-state index in [1.54, 1.807) is 12.1 Å². The van der Waals surface area contributed by atoms with Crippen LogP contribution >= 0.6 is 0 Å². The van der Waals surface area contributed by atoms with Crippen LogP contribution in [-0.2, 0) is 23.7 Å². The molecule has 1 aromatic carbocycles. The van der Waals surface area contributed by atoms with E-state index >= 15 is 0 Å². The van der Waals surface area contributed by atoms with Crippen LogP contribution in [0.3, 0.4) is 0 Å². The summed E-state index contributed by atoms with van der Waals surface area (Å²) in [5, 5.41) is 3.45. The van der Waals surface area contributed by atoms with E-state index in [-0.39, 0.29) is 29.4 Å². The Balaban J connectivity index is 1.80. The molecule has 0 saturated heterocycles. The van der Waals surface area contributed by atoms with Gasteiger partial charge in [-0.05, 0) is 30.3 Å². The summed E-state index contributed by atoms with van der Waals surface area (Å²) in [5.74, 6) is 0.0991. The lowest BCUT2D eigenvalue weighted by Crippen LogP contribution is -2.09. The molecule has 0 aliphatic heterocycles. The molecule has 0 amide bonds. The second-order valence-corrected chi connectivity index (χ2v) is 7.65. The normalized spacial score (nSPS) is 12.1. The van der Waals surface area contributed by atoms with Gasteiger partial charge in [0.25, 0.3) is 0 Å². The molecule has 0 spiro atoms. The lowest BCUT2D eigenvalue weighted by atomic mass is 10.0. The summed E-state index contributed by atoms with van der Waals surface area (Å²) in [5.41, 5.74) is -0.810. The fourth-order valence-electron chi connectivity index (χ4n) is 3.53. The highest BCUT2D eigenvalue weighted by Gasteiger charge is 2.35. The lowest BCUT2D eigenvalue weighted by molar-refractivity contribution is -0.138. The average molecular weight is 508 g/mol. The van der Waals surface area contributed by atoms with E-state index in [2.05, 4.69) is 20.3 Å². The molecule has 4 aromatic rings. The van der Waals surface area contributed by atoms with E-state index in [4.69, 9.17) is 9.47 Å². The number of nitrogens with zero attached hydrogens (tertiary/aromatic N) is 3. The van der Waals surface area contributed by atoms with Gasteiger partial charge in [0, 0.05) is 24.3 Å². The number of aromatic nitrogens is 3. The first-order valence-electron chi connectivity index (χ1n) is 10.3. The van der Waals surface area contributed by atoms with Crippen molar-refractivity contribution in [3.63, 3.8) is 0 Å². The predicted octanol–water partition coefficient (Wildman–Crippen LogP) is 6.63. The first kappa shape index (κ1) is 25.2. The molecule has 0 unspecified atom stereocenters. The van der Waals surface area contributed by atoms with Crippen LogP contribution in [0.15, 0.2) is 54.9 Å². The zero-order chi connectivity index (χ0) is 26.1. The monoisotopic (exact) mass is 508 g/mol. The average Bonchev–Trinajstić information content (AvgIpc) is 2.83. The number of fused-ring (bicyclic) bond motifs is 1. The maximum absolute atomic E-state index is 13.7. The third kappa shape index (κ3) is 5.33. The van der Waals surface area contributed by atoms with Crippen molar-refractivity contribution in [1.29, 1.82) is 0 Å². The third-order valence-electron chi connectivity index (χ3n) is 5.19. The van der Waals surface area contributed by atoms with E-state index < -0.39 is 23.5 Å². The number of alkyl halides is 6. The quantitative estimate of drug-likeness (QED) is 0.295. The van der Waals surface area contributed by atoms with Gasteiger partial charge in [0.15, 0.2) is 0 Å². The lowest BCUT2D eigenvalue weighted by Gasteiger charge is -2.15. The minimum Gasteiger partial charge on any atom is -0.495 e. The minimum absolute atomic E-state index is 0.0390. The number of rotatable bonds is 6. The smallest absolute Gasteiger partial charge is 0.418 e. The molecule has 6 nitrogen and oxygen atoms in total. The number of methoxy groups -OCH3 is 2. The van der Waals surface area contributed by atoms with Gasteiger partial charge in [0.05, 0.1) is 53.6 Å². The summed E-state index contributed by atoms with van der Waals surface area (Å²) in [6.45, 7) is 0.0872. The Morgan fingerprint density at radius 3 is 2.25 bits per heavy atom. The fourth-order valence-corrected chi connectivity index (χ4v) is 3.53. The van der Waals surface area contributed by atoms with Gasteiger partial charge in [-0.15, -0.1) is 0 Å². The van der Waals surface area contributed by atoms with Crippen LogP contribution in [0.5, 0.6) is 5.75 Å². The third-order valence-corrected chi connectivity index (χ3v) is 5.19. The first-order valence-corrected chi connectivity index (χ1v) is 10.3. The molecule has 3 aromatic heterocycles. The summed E-state index contributed by atoms with van der Waals surface area (Å²) in [4.78, 5) is 12.2. The van der Waals surface area contributed by atoms with Crippen molar-refractivity contribution in [2.24, 2.45) is 0 Å². The predicted molar refractivity (Wildman–Crippen MR) is 120 cm³/mol. The molecule has 36 heavy (non-hydrogen) atoms. The van der Waals surface area contributed by atoms with Crippen molar-refractivity contribution in [2.45, 2.75) is 19.0 Å². The van der Waals surface area contributed by atoms with E-state index in [1.165, 1.54) is 38.6 Å². The van der Waals surface area contributed by atoms with Gasteiger partial charge < -0.3 is 14.8 Å². The molecule has 12 heteroatoms. The zero-order valence-electron chi connectivity index (χ0n) is 18.8. The standard InChI is InChI=1S/C24H18F6N4O2/c1-35-12-15-8-20(34-21-6-4-14(10-31-21)23(25,26)27)17-5-3-13(7-19(17)33-15)22-18(24(28,29)30)9-16(36-2)11-32-22/h3-11H,12H2,1-2H3,(H,31,33,34). The number of halogens is 6. The van der Waals surface area contributed by atoms with Crippen molar-refractivity contribution in [3.05, 3.63) is 71.7 Å². The number of anilines is 2. The summed E-state index contributed by atoms with van der Waals surface area (Å²) < 4.78 is 89.7. The Bertz CT molecular complexity index is 1390. The number of nitrogens with one attached hydrogen (secondary N) is 1. The SMILES string of the molecule is COCc1cc(Nc2ccc(C(F)(F)F)cn2)c2ccc(-c3ncc(OC)cc3C(F)(F)F)cc2n1. The van der Waals surface area contributed by atoms with Gasteiger partial charge in [-0.3, -0.25) is 9.97 Å². The highest BCUT2D eigenvalue weighted by atomic mass is 19.4. The van der Waals surface area contributed by atoms with Crippen molar-refractivity contribution in [2.75, 3.05) is 19.5 Å². The molecule has 0 aliphatic carbocycles. The number of pyridine rings is 3. The van der Waals surface area contributed by atoms with Gasteiger partial charge in [-0.2, -0.15) is 26.3 Å². The van der Waals surface area contributed by atoms with Gasteiger partial charge in [-0.1, -0.05) is 12.1 Å². The second kappa shape index (κ2) is 9.61. The minimum atomic E-state index is -4.68. The summed E-state index contributed by atoms with van der Waals surface area (Å²) in [7, 11) is 2.69. The van der Waals surface area contributed by atoms with E-state index in [0.717, 1.165) is 12.1 Å². The highest BCUT2D eigenvalue weighted by molar-refractivity contribution is 5.95. The molecule has 0 aliphatic rings. The second-order valence-electron chi connectivity index (χ2n) is 7.65. The van der Waals surface area contributed by atoms with Gasteiger partial charge in [0.2, 0.25) is 0 Å². The van der Waals surface area contributed by atoms with Crippen molar-refractivity contribution in [1.82, 2.24) is 15.0 Å². The topological polar surface area (TPSA) is 69.2 Å². The van der Waals surface area contributed by atoms with Crippen LogP contribution in [0.1, 0.15) is 16.8 Å². The van der Waals surface area contributed by atoms with Crippen molar-refractivity contribution < 1.29 is 35.8 Å². The van der Waals surface area contributed by atoms with Crippen LogP contribution in [0.25, 0.3) is 22.2 Å². The molecule has 0 radical (unpaired) electrons. The van der Waals surface area contributed by atoms with Crippen LogP contribution in [-0.4, -0.2) is 29.2 Å². The summed E-state index contributed by atoms with van der Waals surface area (Å²) in [6, 6.07) is 9.01. The number of hydrogen-bond donors (Lipinski definition) is 1. The van der Waals surface area contributed by atoms with Gasteiger partial charge in [0.1, 0.15) is 11.6 Å². The van der Waals surface area contributed by atoms with Crippen molar-refractivity contribution in [3.8, 4) is 17.0 Å². The maximum Gasteiger partial charge on any atom is 0.418 e.